The van der Waals surface area contributed by atoms with Gasteiger partial charge in [0.25, 0.3) is 5.91 Å². The van der Waals surface area contributed by atoms with Gasteiger partial charge in [0.05, 0.1) is 17.4 Å². The zero-order valence-electron chi connectivity index (χ0n) is 12.8. The summed E-state index contributed by atoms with van der Waals surface area (Å²) in [6, 6.07) is 7.34. The number of carbonyl (C=O) groups excluding carboxylic acids is 1. The van der Waals surface area contributed by atoms with Gasteiger partial charge in [-0.25, -0.2) is 4.68 Å². The molecule has 0 radical (unpaired) electrons. The normalized spacial score (nSPS) is 21.1. The van der Waals surface area contributed by atoms with Gasteiger partial charge in [0, 0.05) is 29.8 Å². The van der Waals surface area contributed by atoms with E-state index >= 15 is 0 Å². The maximum Gasteiger partial charge on any atom is 0.254 e. The van der Waals surface area contributed by atoms with E-state index in [1.54, 1.807) is 29.2 Å². The number of aliphatic hydroxyl groups excluding tert-OH is 1. The maximum absolute atomic E-state index is 12.4. The zero-order chi connectivity index (χ0) is 16.2. The number of halogens is 1. The maximum atomic E-state index is 12.4. The van der Waals surface area contributed by atoms with Crippen LogP contribution in [0.4, 0.5) is 0 Å². The number of hydrogen-bond donors (Lipinski definition) is 2. The second kappa shape index (κ2) is 7.15. The van der Waals surface area contributed by atoms with Gasteiger partial charge in [-0.15, -0.1) is 0 Å². The molecule has 23 heavy (non-hydrogen) atoms. The Morgan fingerprint density at radius 1 is 1.39 bits per heavy atom. The van der Waals surface area contributed by atoms with E-state index in [1.807, 2.05) is 12.1 Å². The van der Waals surface area contributed by atoms with Crippen LogP contribution in [0.15, 0.2) is 36.7 Å². The lowest BCUT2D eigenvalue weighted by molar-refractivity contribution is 0.0872. The number of aromatic nitrogens is 2. The number of benzene rings is 1. The van der Waals surface area contributed by atoms with Crippen molar-refractivity contribution >= 4 is 17.5 Å². The molecule has 6 heteroatoms. The fourth-order valence-electron chi connectivity index (χ4n) is 3.07. The summed E-state index contributed by atoms with van der Waals surface area (Å²) in [5.41, 5.74) is 1.31. The Morgan fingerprint density at radius 3 is 3.00 bits per heavy atom. The van der Waals surface area contributed by atoms with Gasteiger partial charge in [-0.3, -0.25) is 4.79 Å². The smallest absolute Gasteiger partial charge is 0.254 e. The summed E-state index contributed by atoms with van der Waals surface area (Å²) in [6.45, 7) is 0.118. The largest absolute Gasteiger partial charge is 0.396 e. The Balaban J connectivity index is 1.71. The topological polar surface area (TPSA) is 67.2 Å². The molecule has 0 aliphatic heterocycles. The molecule has 1 heterocycles. The lowest BCUT2D eigenvalue weighted by Crippen LogP contribution is -2.43. The van der Waals surface area contributed by atoms with Gasteiger partial charge in [0.1, 0.15) is 0 Å². The van der Waals surface area contributed by atoms with Crippen LogP contribution in [0.25, 0.3) is 5.69 Å². The second-order valence-electron chi connectivity index (χ2n) is 5.96. The number of nitrogens with zero attached hydrogens (tertiary/aromatic N) is 2. The van der Waals surface area contributed by atoms with Crippen molar-refractivity contribution in [2.45, 2.75) is 31.7 Å². The molecule has 2 unspecified atom stereocenters. The van der Waals surface area contributed by atoms with Crippen LogP contribution in [0.5, 0.6) is 0 Å². The first-order valence-corrected chi connectivity index (χ1v) is 8.27. The van der Waals surface area contributed by atoms with Crippen LogP contribution >= 0.6 is 11.6 Å². The quantitative estimate of drug-likeness (QED) is 0.904. The van der Waals surface area contributed by atoms with Crippen LogP contribution in [-0.4, -0.2) is 33.4 Å². The highest BCUT2D eigenvalue weighted by Gasteiger charge is 2.26. The molecule has 2 atom stereocenters. The molecule has 1 saturated carbocycles. The average Bonchev–Trinajstić information content (AvgIpc) is 3.05. The van der Waals surface area contributed by atoms with E-state index in [2.05, 4.69) is 10.4 Å². The molecule has 3 rings (SSSR count). The molecule has 1 amide bonds. The molecule has 0 spiro atoms. The van der Waals surface area contributed by atoms with Crippen LogP contribution < -0.4 is 5.32 Å². The first-order chi connectivity index (χ1) is 11.2. The number of nitrogens with one attached hydrogen (secondary N) is 1. The SMILES string of the molecule is O=C(NC1CCCCC1CO)c1cnn(-c2cccc(Cl)c2)c1. The molecule has 1 aromatic carbocycles. The molecule has 2 aromatic rings. The van der Waals surface area contributed by atoms with Crippen molar-refractivity contribution in [3.8, 4) is 5.69 Å². The van der Waals surface area contributed by atoms with Crippen molar-refractivity contribution in [2.24, 2.45) is 5.92 Å². The summed E-state index contributed by atoms with van der Waals surface area (Å²) in [5.74, 6) is -0.000645. The van der Waals surface area contributed by atoms with Gasteiger partial charge < -0.3 is 10.4 Å². The Morgan fingerprint density at radius 2 is 2.22 bits per heavy atom. The molecule has 5 nitrogen and oxygen atoms in total. The minimum Gasteiger partial charge on any atom is -0.396 e. The number of aliphatic hydroxyl groups is 1. The number of hydrogen-bond acceptors (Lipinski definition) is 3. The average molecular weight is 334 g/mol. The predicted molar refractivity (Wildman–Crippen MR) is 88.9 cm³/mol. The summed E-state index contributed by atoms with van der Waals surface area (Å²) in [6.07, 6.45) is 7.32. The van der Waals surface area contributed by atoms with Crippen LogP contribution in [0.2, 0.25) is 5.02 Å². The Labute approximate surface area is 140 Å². The summed E-state index contributed by atoms with van der Waals surface area (Å²) in [4.78, 5) is 12.4. The molecular weight excluding hydrogens is 314 g/mol. The van der Waals surface area contributed by atoms with Crippen LogP contribution in [-0.2, 0) is 0 Å². The van der Waals surface area contributed by atoms with E-state index in [9.17, 15) is 9.90 Å². The van der Waals surface area contributed by atoms with E-state index in [-0.39, 0.29) is 24.5 Å². The third-order valence-corrected chi connectivity index (χ3v) is 4.61. The molecule has 1 aromatic heterocycles. The minimum atomic E-state index is -0.149. The van der Waals surface area contributed by atoms with Gasteiger partial charge in [-0.1, -0.05) is 30.5 Å². The van der Waals surface area contributed by atoms with Crippen LogP contribution in [0.3, 0.4) is 0 Å². The standard InChI is InChI=1S/C17H20ClN3O2/c18-14-5-3-6-15(8-14)21-10-13(9-19-21)17(23)20-16-7-2-1-4-12(16)11-22/h3,5-6,8-10,12,16,22H,1-2,4,7,11H2,(H,20,23). The third-order valence-electron chi connectivity index (χ3n) is 4.38. The third kappa shape index (κ3) is 3.74. The molecule has 0 bridgehead atoms. The zero-order valence-corrected chi connectivity index (χ0v) is 13.5. The Bertz CT molecular complexity index is 686. The molecule has 122 valence electrons. The van der Waals surface area contributed by atoms with Crippen molar-refractivity contribution < 1.29 is 9.90 Å². The van der Waals surface area contributed by atoms with Gasteiger partial charge >= 0.3 is 0 Å². The number of rotatable bonds is 4. The Hall–Kier alpha value is -1.85. The Kier molecular flexibility index (Phi) is 4.98. The summed E-state index contributed by atoms with van der Waals surface area (Å²) >= 11 is 5.98. The molecule has 1 aliphatic carbocycles. The van der Waals surface area contributed by atoms with Crippen LogP contribution in [0, 0.1) is 5.92 Å². The molecule has 1 fully saturated rings. The first-order valence-electron chi connectivity index (χ1n) is 7.89. The van der Waals surface area contributed by atoms with E-state index in [0.29, 0.717) is 10.6 Å². The summed E-state index contributed by atoms with van der Waals surface area (Å²) < 4.78 is 1.63. The molecular formula is C17H20ClN3O2. The highest BCUT2D eigenvalue weighted by molar-refractivity contribution is 6.30. The fourth-order valence-corrected chi connectivity index (χ4v) is 3.25. The van der Waals surface area contributed by atoms with E-state index < -0.39 is 0 Å². The molecule has 1 aliphatic rings. The van der Waals surface area contributed by atoms with Gasteiger partial charge in [-0.2, -0.15) is 5.10 Å². The van der Waals surface area contributed by atoms with Gasteiger partial charge in [-0.05, 0) is 31.0 Å². The monoisotopic (exact) mass is 333 g/mol. The second-order valence-corrected chi connectivity index (χ2v) is 6.40. The van der Waals surface area contributed by atoms with Crippen molar-refractivity contribution in [3.63, 3.8) is 0 Å². The van der Waals surface area contributed by atoms with E-state index in [0.717, 1.165) is 31.4 Å². The summed E-state index contributed by atoms with van der Waals surface area (Å²) in [7, 11) is 0. The molecule has 2 N–H and O–H groups in total. The van der Waals surface area contributed by atoms with E-state index in [1.165, 1.54) is 0 Å². The first kappa shape index (κ1) is 16.0. The lowest BCUT2D eigenvalue weighted by Gasteiger charge is -2.30. The summed E-state index contributed by atoms with van der Waals surface area (Å²) in [5, 5.41) is 17.3. The van der Waals surface area contributed by atoms with Crippen molar-refractivity contribution in [1.82, 2.24) is 15.1 Å². The predicted octanol–water partition coefficient (Wildman–Crippen LogP) is 2.81. The highest BCUT2D eigenvalue weighted by Crippen LogP contribution is 2.24. The van der Waals surface area contributed by atoms with Gasteiger partial charge in [0.15, 0.2) is 0 Å². The molecule has 0 saturated heterocycles. The fraction of sp³-hybridized carbons (Fsp3) is 0.412. The van der Waals surface area contributed by atoms with Crippen molar-refractivity contribution in [3.05, 3.63) is 47.2 Å². The van der Waals surface area contributed by atoms with Crippen LogP contribution in [0.1, 0.15) is 36.0 Å². The van der Waals surface area contributed by atoms with Gasteiger partial charge in [0.2, 0.25) is 0 Å². The lowest BCUT2D eigenvalue weighted by atomic mass is 9.85. The minimum absolute atomic E-state index is 0.0377. The van der Waals surface area contributed by atoms with Crippen molar-refractivity contribution in [1.29, 1.82) is 0 Å². The van der Waals surface area contributed by atoms with Crippen molar-refractivity contribution in [2.75, 3.05) is 6.61 Å². The number of amides is 1. The number of carbonyl (C=O) groups is 1. The highest BCUT2D eigenvalue weighted by atomic mass is 35.5. The van der Waals surface area contributed by atoms with E-state index in [4.69, 9.17) is 11.6 Å².